The third-order valence-electron chi connectivity index (χ3n) is 2.55. The fourth-order valence-corrected chi connectivity index (χ4v) is 2.17. The second kappa shape index (κ2) is 3.52. The van der Waals surface area contributed by atoms with Crippen LogP contribution in [0, 0.1) is 0 Å². The van der Waals surface area contributed by atoms with Crippen molar-refractivity contribution in [2.45, 2.75) is 18.6 Å². The number of aliphatic hydroxyl groups is 1. The Hall–Kier alpha value is -0.480. The Kier molecular flexibility index (Phi) is 2.59. The zero-order valence-electron chi connectivity index (χ0n) is 8.13. The third-order valence-corrected chi connectivity index (χ3v) is 3.05. The van der Waals surface area contributed by atoms with Gasteiger partial charge in [0.2, 0.25) is 0 Å². The maximum absolute atomic E-state index is 9.94. The average Bonchev–Trinajstić information content (AvgIpc) is 2.12. The van der Waals surface area contributed by atoms with Gasteiger partial charge in [0.1, 0.15) is 18.0 Å². The molecule has 0 aromatic heterocycles. The van der Waals surface area contributed by atoms with E-state index in [2.05, 4.69) is 0 Å². The maximum atomic E-state index is 9.94. The lowest BCUT2D eigenvalue weighted by molar-refractivity contribution is -0.0248. The second-order valence-corrected chi connectivity index (χ2v) is 4.77. The van der Waals surface area contributed by atoms with Crippen LogP contribution in [-0.4, -0.2) is 17.3 Å². The first kappa shape index (κ1) is 11.0. The SMILES string of the molecule is C[C@@]1(O)COc2c(Cl)cc(Cl)cc2[C@H]1N. The molecular weight excluding hydrogens is 237 g/mol. The van der Waals surface area contributed by atoms with Gasteiger partial charge in [0.15, 0.2) is 0 Å². The molecule has 1 aliphatic rings. The molecule has 0 unspecified atom stereocenters. The lowest BCUT2D eigenvalue weighted by Gasteiger charge is -2.36. The van der Waals surface area contributed by atoms with Crippen LogP contribution in [0.2, 0.25) is 10.0 Å². The predicted molar refractivity (Wildman–Crippen MR) is 59.5 cm³/mol. The highest BCUT2D eigenvalue weighted by Crippen LogP contribution is 2.42. The molecule has 0 amide bonds. The average molecular weight is 248 g/mol. The zero-order valence-corrected chi connectivity index (χ0v) is 9.64. The van der Waals surface area contributed by atoms with Gasteiger partial charge in [0.25, 0.3) is 0 Å². The van der Waals surface area contributed by atoms with Crippen molar-refractivity contribution in [3.63, 3.8) is 0 Å². The molecule has 1 aromatic carbocycles. The van der Waals surface area contributed by atoms with Crippen LogP contribution in [0.1, 0.15) is 18.5 Å². The number of rotatable bonds is 0. The van der Waals surface area contributed by atoms with Crippen LogP contribution in [-0.2, 0) is 0 Å². The summed E-state index contributed by atoms with van der Waals surface area (Å²) in [5, 5.41) is 10.8. The monoisotopic (exact) mass is 247 g/mol. The minimum absolute atomic E-state index is 0.127. The Morgan fingerprint density at radius 3 is 2.87 bits per heavy atom. The summed E-state index contributed by atoms with van der Waals surface area (Å²) >= 11 is 11.8. The summed E-state index contributed by atoms with van der Waals surface area (Å²) in [4.78, 5) is 0. The molecule has 2 atom stereocenters. The molecule has 0 saturated carbocycles. The molecule has 82 valence electrons. The van der Waals surface area contributed by atoms with E-state index in [9.17, 15) is 5.11 Å². The molecule has 0 fully saturated rings. The Balaban J connectivity index is 2.56. The van der Waals surface area contributed by atoms with Gasteiger partial charge < -0.3 is 15.6 Å². The number of benzene rings is 1. The summed E-state index contributed by atoms with van der Waals surface area (Å²) in [5.41, 5.74) is 5.46. The highest BCUT2D eigenvalue weighted by molar-refractivity contribution is 6.35. The molecule has 3 N–H and O–H groups in total. The van der Waals surface area contributed by atoms with Gasteiger partial charge in [-0.25, -0.2) is 0 Å². The fraction of sp³-hybridized carbons (Fsp3) is 0.400. The number of halogens is 2. The maximum Gasteiger partial charge on any atom is 0.143 e. The summed E-state index contributed by atoms with van der Waals surface area (Å²) in [7, 11) is 0. The zero-order chi connectivity index (χ0) is 11.2. The molecule has 0 radical (unpaired) electrons. The van der Waals surface area contributed by atoms with Crippen molar-refractivity contribution in [3.05, 3.63) is 27.7 Å². The van der Waals surface area contributed by atoms with Gasteiger partial charge in [0, 0.05) is 10.6 Å². The van der Waals surface area contributed by atoms with Gasteiger partial charge in [-0.15, -0.1) is 0 Å². The van der Waals surface area contributed by atoms with E-state index in [1.807, 2.05) is 0 Å². The Labute approximate surface area is 97.7 Å². The van der Waals surface area contributed by atoms with Crippen LogP contribution in [0.25, 0.3) is 0 Å². The van der Waals surface area contributed by atoms with Crippen molar-refractivity contribution in [1.29, 1.82) is 0 Å². The lowest BCUT2D eigenvalue weighted by Crippen LogP contribution is -2.46. The lowest BCUT2D eigenvalue weighted by atomic mass is 9.89. The quantitative estimate of drug-likeness (QED) is 0.739. The number of hydrogen-bond acceptors (Lipinski definition) is 3. The highest BCUT2D eigenvalue weighted by atomic mass is 35.5. The summed E-state index contributed by atoms with van der Waals surface area (Å²) in [5.74, 6) is 0.514. The van der Waals surface area contributed by atoms with Crippen LogP contribution in [0.3, 0.4) is 0 Å². The van der Waals surface area contributed by atoms with Crippen LogP contribution < -0.4 is 10.5 Å². The molecule has 0 spiro atoms. The van der Waals surface area contributed by atoms with Crippen molar-refractivity contribution in [3.8, 4) is 5.75 Å². The van der Waals surface area contributed by atoms with E-state index in [0.717, 1.165) is 0 Å². The molecule has 0 aliphatic carbocycles. The molecule has 1 aliphatic heterocycles. The molecule has 15 heavy (non-hydrogen) atoms. The van der Waals surface area contributed by atoms with E-state index in [-0.39, 0.29) is 6.61 Å². The number of ether oxygens (including phenoxy) is 1. The largest absolute Gasteiger partial charge is 0.489 e. The van der Waals surface area contributed by atoms with Crippen LogP contribution in [0.15, 0.2) is 12.1 Å². The van der Waals surface area contributed by atoms with Crippen molar-refractivity contribution >= 4 is 23.2 Å². The van der Waals surface area contributed by atoms with E-state index in [0.29, 0.717) is 21.4 Å². The Bertz CT molecular complexity index is 407. The first-order valence-corrected chi connectivity index (χ1v) is 5.27. The minimum Gasteiger partial charge on any atom is -0.489 e. The van der Waals surface area contributed by atoms with Gasteiger partial charge >= 0.3 is 0 Å². The second-order valence-electron chi connectivity index (χ2n) is 3.93. The summed E-state index contributed by atoms with van der Waals surface area (Å²) < 4.78 is 5.37. The standard InChI is InChI=1S/C10H11Cl2NO2/c1-10(14)4-15-8-6(9(10)13)2-5(11)3-7(8)12/h2-3,9,14H,4,13H2,1H3/t9-,10-/m1/s1. The number of nitrogens with two attached hydrogens (primary N) is 1. The molecule has 1 aromatic rings. The van der Waals surface area contributed by atoms with Crippen molar-refractivity contribution < 1.29 is 9.84 Å². The van der Waals surface area contributed by atoms with E-state index in [1.165, 1.54) is 0 Å². The Morgan fingerprint density at radius 1 is 1.53 bits per heavy atom. The van der Waals surface area contributed by atoms with E-state index in [4.69, 9.17) is 33.7 Å². The third kappa shape index (κ3) is 1.81. The molecule has 0 bridgehead atoms. The first-order valence-electron chi connectivity index (χ1n) is 4.51. The minimum atomic E-state index is -1.10. The highest BCUT2D eigenvalue weighted by Gasteiger charge is 2.38. The van der Waals surface area contributed by atoms with Crippen molar-refractivity contribution in [2.75, 3.05) is 6.61 Å². The van der Waals surface area contributed by atoms with E-state index < -0.39 is 11.6 Å². The molecule has 2 rings (SSSR count). The predicted octanol–water partition coefficient (Wildman–Crippen LogP) is 2.14. The van der Waals surface area contributed by atoms with Gasteiger partial charge in [-0.3, -0.25) is 0 Å². The molecule has 3 nitrogen and oxygen atoms in total. The molecule has 5 heteroatoms. The fourth-order valence-electron chi connectivity index (χ4n) is 1.61. The molecular formula is C10H11Cl2NO2. The number of hydrogen-bond donors (Lipinski definition) is 2. The van der Waals surface area contributed by atoms with Crippen LogP contribution in [0.4, 0.5) is 0 Å². The number of fused-ring (bicyclic) bond motifs is 1. The normalized spacial score (nSPS) is 29.5. The van der Waals surface area contributed by atoms with Gasteiger partial charge in [0.05, 0.1) is 11.1 Å². The van der Waals surface area contributed by atoms with Gasteiger partial charge in [-0.2, -0.15) is 0 Å². The summed E-state index contributed by atoms with van der Waals surface area (Å²) in [6.45, 7) is 1.75. The first-order chi connectivity index (χ1) is 6.92. The van der Waals surface area contributed by atoms with Gasteiger partial charge in [-0.1, -0.05) is 23.2 Å². The summed E-state index contributed by atoms with van der Waals surface area (Å²) in [6.07, 6.45) is 0. The van der Waals surface area contributed by atoms with Crippen LogP contribution >= 0.6 is 23.2 Å². The summed E-state index contributed by atoms with van der Waals surface area (Å²) in [6, 6.07) is 2.72. The van der Waals surface area contributed by atoms with Crippen LogP contribution in [0.5, 0.6) is 5.75 Å². The Morgan fingerprint density at radius 2 is 2.20 bits per heavy atom. The van der Waals surface area contributed by atoms with E-state index >= 15 is 0 Å². The molecule has 0 saturated heterocycles. The van der Waals surface area contributed by atoms with Crippen molar-refractivity contribution in [2.24, 2.45) is 5.73 Å². The smallest absolute Gasteiger partial charge is 0.143 e. The van der Waals surface area contributed by atoms with E-state index in [1.54, 1.807) is 19.1 Å². The topological polar surface area (TPSA) is 55.5 Å². The van der Waals surface area contributed by atoms with Crippen molar-refractivity contribution in [1.82, 2.24) is 0 Å². The molecule has 1 heterocycles. The van der Waals surface area contributed by atoms with Gasteiger partial charge in [-0.05, 0) is 19.1 Å².